The zero-order chi connectivity index (χ0) is 24.9. The van der Waals surface area contributed by atoms with Gasteiger partial charge < -0.3 is 14.3 Å². The third-order valence-electron chi connectivity index (χ3n) is 5.92. The van der Waals surface area contributed by atoms with Crippen LogP contribution in [0.25, 0.3) is 0 Å². The van der Waals surface area contributed by atoms with Crippen molar-refractivity contribution in [1.82, 2.24) is 9.55 Å². The van der Waals surface area contributed by atoms with Crippen LogP contribution in [-0.2, 0) is 25.8 Å². The van der Waals surface area contributed by atoms with Crippen LogP contribution in [0.4, 0.5) is 4.79 Å². The van der Waals surface area contributed by atoms with Crippen molar-refractivity contribution in [1.29, 1.82) is 5.26 Å². The van der Waals surface area contributed by atoms with Crippen LogP contribution in [-0.4, -0.2) is 48.3 Å². The normalized spacial score (nSPS) is 13.5. The Balaban J connectivity index is 3.52. The number of rotatable bonds is 9. The molecule has 1 unspecified atom stereocenters. The number of carbonyl (C=O) groups excluding carboxylic acids is 1. The summed E-state index contributed by atoms with van der Waals surface area (Å²) in [4.78, 5) is 29.8. The number of aromatic nitrogens is 2. The Bertz CT molecular complexity index is 857. The van der Waals surface area contributed by atoms with Crippen molar-refractivity contribution in [2.75, 3.05) is 13.2 Å². The Morgan fingerprint density at radius 3 is 2.25 bits per heavy atom. The van der Waals surface area contributed by atoms with Gasteiger partial charge in [0.2, 0.25) is 0 Å². The first kappa shape index (κ1) is 27.9. The molecule has 32 heavy (non-hydrogen) atoms. The highest BCUT2D eigenvalue weighted by atomic mass is 28.4. The van der Waals surface area contributed by atoms with Crippen LogP contribution >= 0.6 is 0 Å². The van der Waals surface area contributed by atoms with Crippen LogP contribution in [0.2, 0.25) is 18.1 Å². The van der Waals surface area contributed by atoms with E-state index in [-0.39, 0.29) is 24.5 Å². The molecule has 8 nitrogen and oxygen atoms in total. The number of hydrogen-bond acceptors (Lipinski definition) is 6. The van der Waals surface area contributed by atoms with Gasteiger partial charge in [-0.25, -0.2) is 14.3 Å². The number of ether oxygens (including phenoxy) is 1. The van der Waals surface area contributed by atoms with Gasteiger partial charge in [0.1, 0.15) is 11.7 Å². The summed E-state index contributed by atoms with van der Waals surface area (Å²) in [5.74, 6) is -1.09. The van der Waals surface area contributed by atoms with Crippen molar-refractivity contribution in [2.45, 2.75) is 97.2 Å². The van der Waals surface area contributed by atoms with Gasteiger partial charge in [-0.2, -0.15) is 5.26 Å². The molecule has 1 aromatic heterocycles. The Hall–Kier alpha value is -2.18. The van der Waals surface area contributed by atoms with Crippen LogP contribution in [0.5, 0.6) is 0 Å². The van der Waals surface area contributed by atoms with E-state index in [0.717, 1.165) is 4.57 Å². The fraction of sp³-hybridized carbons (Fsp3) is 0.739. The van der Waals surface area contributed by atoms with E-state index in [9.17, 15) is 14.7 Å². The van der Waals surface area contributed by atoms with Gasteiger partial charge >= 0.3 is 12.1 Å². The van der Waals surface area contributed by atoms with Gasteiger partial charge in [-0.05, 0) is 31.5 Å². The van der Waals surface area contributed by atoms with Crippen molar-refractivity contribution in [3.05, 3.63) is 17.2 Å². The summed E-state index contributed by atoms with van der Waals surface area (Å²) in [6, 6.07) is 2.04. The second-order valence-electron chi connectivity index (χ2n) is 10.5. The zero-order valence-corrected chi connectivity index (χ0v) is 22.0. The molecule has 1 N–H and O–H groups in total. The van der Waals surface area contributed by atoms with E-state index in [1.807, 2.05) is 26.8 Å². The van der Waals surface area contributed by atoms with Crippen molar-refractivity contribution in [3.8, 4) is 6.07 Å². The van der Waals surface area contributed by atoms with Gasteiger partial charge in [0.05, 0.1) is 24.1 Å². The minimum Gasteiger partial charge on any atom is -0.465 e. The topological polar surface area (TPSA) is 114 Å². The lowest BCUT2D eigenvalue weighted by Crippen LogP contribution is -2.41. The maximum absolute atomic E-state index is 12.8. The van der Waals surface area contributed by atoms with Crippen molar-refractivity contribution in [3.63, 3.8) is 0 Å². The van der Waals surface area contributed by atoms with E-state index in [0.29, 0.717) is 30.2 Å². The number of nitrogens with zero attached hydrogens (tertiary/aromatic N) is 3. The Morgan fingerprint density at radius 1 is 1.22 bits per heavy atom. The quantitative estimate of drug-likeness (QED) is 0.392. The molecule has 0 saturated carbocycles. The Kier molecular flexibility index (Phi) is 9.24. The van der Waals surface area contributed by atoms with Gasteiger partial charge in [0.25, 0.3) is 0 Å². The molecule has 0 amide bonds. The molecule has 0 aliphatic heterocycles. The third kappa shape index (κ3) is 6.66. The molecule has 0 spiro atoms. The highest BCUT2D eigenvalue weighted by Crippen LogP contribution is 2.37. The van der Waals surface area contributed by atoms with Gasteiger partial charge in [-0.1, -0.05) is 41.5 Å². The first-order valence-corrected chi connectivity index (χ1v) is 14.0. The second kappa shape index (κ2) is 10.6. The lowest BCUT2D eigenvalue weighted by Gasteiger charge is -2.36. The maximum Gasteiger partial charge on any atom is 0.417 e. The first-order chi connectivity index (χ1) is 14.6. The minimum atomic E-state index is -2.01. The Labute approximate surface area is 193 Å². The molecular formula is C23H39N3O5Si. The molecule has 0 aliphatic rings. The highest BCUT2D eigenvalue weighted by Gasteiger charge is 2.39. The van der Waals surface area contributed by atoms with Crippen molar-refractivity contribution < 1.29 is 23.9 Å². The summed E-state index contributed by atoms with van der Waals surface area (Å²) in [6.45, 7) is 18.7. The average molecular weight is 466 g/mol. The van der Waals surface area contributed by atoms with Crippen molar-refractivity contribution in [2.24, 2.45) is 0 Å². The molecule has 1 heterocycles. The molecule has 1 aromatic rings. The maximum atomic E-state index is 12.8. The standard InChI is InChI=1S/C23H39N3O5Si/c1-10-30-20(27)16(12-11-14-24)18-19(22(2,3)4)25-17(26(18)21(28)29)13-15-31-32(8,9)23(5,6)7/h16H,10-13,15H2,1-9H3,(H,28,29). The summed E-state index contributed by atoms with van der Waals surface area (Å²) in [5, 5.41) is 19.2. The fourth-order valence-corrected chi connectivity index (χ4v) is 4.21. The van der Waals surface area contributed by atoms with E-state index in [2.05, 4.69) is 38.8 Å². The molecule has 0 aliphatic carbocycles. The summed E-state index contributed by atoms with van der Waals surface area (Å²) in [6.07, 6.45) is -0.647. The van der Waals surface area contributed by atoms with Gasteiger partial charge in [0.15, 0.2) is 8.32 Å². The Morgan fingerprint density at radius 2 is 1.81 bits per heavy atom. The number of carboxylic acid groups (broad SMARTS) is 1. The largest absolute Gasteiger partial charge is 0.465 e. The van der Waals surface area contributed by atoms with Crippen LogP contribution in [0.3, 0.4) is 0 Å². The second-order valence-corrected chi connectivity index (χ2v) is 15.3. The summed E-state index contributed by atoms with van der Waals surface area (Å²) >= 11 is 0. The molecule has 0 fully saturated rings. The van der Waals surface area contributed by atoms with E-state index >= 15 is 0 Å². The lowest BCUT2D eigenvalue weighted by atomic mass is 9.86. The average Bonchev–Trinajstić information content (AvgIpc) is 3.01. The smallest absolute Gasteiger partial charge is 0.417 e. The summed E-state index contributed by atoms with van der Waals surface area (Å²) < 4.78 is 12.6. The molecule has 0 saturated heterocycles. The number of imidazole rings is 1. The van der Waals surface area contributed by atoms with Crippen molar-refractivity contribution >= 4 is 20.4 Å². The molecule has 0 radical (unpaired) electrons. The molecule has 0 aromatic carbocycles. The number of nitriles is 1. The number of carbonyl (C=O) groups is 2. The van der Waals surface area contributed by atoms with Gasteiger partial charge in [-0.15, -0.1) is 0 Å². The van der Waals surface area contributed by atoms with E-state index < -0.39 is 31.7 Å². The SMILES string of the molecule is CCOC(=O)C(CCC#N)c1c(C(C)(C)C)nc(CCO[Si](C)(C)C(C)(C)C)n1C(=O)O. The zero-order valence-electron chi connectivity index (χ0n) is 21.0. The van der Waals surface area contributed by atoms with Gasteiger partial charge in [0, 0.05) is 24.9 Å². The highest BCUT2D eigenvalue weighted by molar-refractivity contribution is 6.74. The summed E-state index contributed by atoms with van der Waals surface area (Å²) in [7, 11) is -2.01. The van der Waals surface area contributed by atoms with Crippen LogP contribution in [0, 0.1) is 11.3 Å². The molecule has 180 valence electrons. The predicted molar refractivity (Wildman–Crippen MR) is 125 cm³/mol. The minimum absolute atomic E-state index is 0.0310. The molecule has 9 heteroatoms. The molecule has 0 bridgehead atoms. The third-order valence-corrected chi connectivity index (χ3v) is 10.5. The molecule has 1 atom stereocenters. The van der Waals surface area contributed by atoms with Gasteiger partial charge in [-0.3, -0.25) is 4.79 Å². The first-order valence-electron chi connectivity index (χ1n) is 11.1. The monoisotopic (exact) mass is 465 g/mol. The lowest BCUT2D eigenvalue weighted by molar-refractivity contribution is -0.145. The van der Waals surface area contributed by atoms with Crippen LogP contribution < -0.4 is 0 Å². The predicted octanol–water partition coefficient (Wildman–Crippen LogP) is 5.22. The summed E-state index contributed by atoms with van der Waals surface area (Å²) in [5.41, 5.74) is 0.307. The van der Waals surface area contributed by atoms with E-state index in [1.54, 1.807) is 6.92 Å². The van der Waals surface area contributed by atoms with Crippen LogP contribution in [0.15, 0.2) is 0 Å². The number of hydrogen-bond donors (Lipinski definition) is 1. The number of esters is 1. The fourth-order valence-electron chi connectivity index (χ4n) is 3.17. The molecule has 1 rings (SSSR count). The van der Waals surface area contributed by atoms with E-state index in [4.69, 9.17) is 14.4 Å². The van der Waals surface area contributed by atoms with Crippen LogP contribution in [0.1, 0.15) is 84.4 Å². The van der Waals surface area contributed by atoms with E-state index in [1.165, 1.54) is 0 Å². The molecular weight excluding hydrogens is 426 g/mol.